The first kappa shape index (κ1) is 12.5. The Morgan fingerprint density at radius 2 is 2.12 bits per heavy atom. The van der Waals surface area contributed by atoms with E-state index in [1.165, 1.54) is 0 Å². The second-order valence-corrected chi connectivity index (χ2v) is 4.46. The highest BCUT2D eigenvalue weighted by Gasteiger charge is 2.18. The van der Waals surface area contributed by atoms with Gasteiger partial charge in [-0.3, -0.25) is 5.41 Å². The van der Waals surface area contributed by atoms with E-state index in [2.05, 4.69) is 11.9 Å². The van der Waals surface area contributed by atoms with Gasteiger partial charge in [0.15, 0.2) is 0 Å². The van der Waals surface area contributed by atoms with Crippen LogP contribution in [0.4, 0.5) is 0 Å². The summed E-state index contributed by atoms with van der Waals surface area (Å²) in [6.45, 7) is 7.93. The van der Waals surface area contributed by atoms with Crippen molar-refractivity contribution in [3.8, 4) is 5.88 Å². The highest BCUT2D eigenvalue weighted by atomic mass is 16.5. The van der Waals surface area contributed by atoms with Gasteiger partial charge < -0.3 is 10.5 Å². The first-order valence-corrected chi connectivity index (χ1v) is 5.36. The van der Waals surface area contributed by atoms with Gasteiger partial charge in [0, 0.05) is 17.3 Å². The molecule has 4 nitrogen and oxygen atoms in total. The molecular weight excluding hydrogens is 202 g/mol. The van der Waals surface area contributed by atoms with Crippen molar-refractivity contribution in [2.45, 2.75) is 39.7 Å². The number of nitrogens with one attached hydrogen (secondary N) is 1. The molecule has 16 heavy (non-hydrogen) atoms. The first-order chi connectivity index (χ1) is 7.34. The Balaban J connectivity index is 3.01. The van der Waals surface area contributed by atoms with Crippen LogP contribution in [0.1, 0.15) is 38.4 Å². The summed E-state index contributed by atoms with van der Waals surface area (Å²) in [6, 6.07) is 3.47. The molecule has 1 aromatic heterocycles. The number of hydrogen-bond acceptors (Lipinski definition) is 3. The molecule has 88 valence electrons. The van der Waals surface area contributed by atoms with E-state index in [1.807, 2.05) is 20.8 Å². The van der Waals surface area contributed by atoms with E-state index in [0.717, 1.165) is 12.1 Å². The predicted octanol–water partition coefficient (Wildman–Crippen LogP) is 2.24. The summed E-state index contributed by atoms with van der Waals surface area (Å²) in [4.78, 5) is 4.27. The third-order valence-electron chi connectivity index (χ3n) is 2.47. The van der Waals surface area contributed by atoms with Crippen LogP contribution in [0.5, 0.6) is 5.88 Å². The maximum atomic E-state index is 7.40. The molecule has 0 aromatic carbocycles. The van der Waals surface area contributed by atoms with Crippen LogP contribution in [0.3, 0.4) is 0 Å². The zero-order chi connectivity index (χ0) is 12.3. The summed E-state index contributed by atoms with van der Waals surface area (Å²) in [7, 11) is 0. The molecule has 0 aliphatic rings. The normalized spacial score (nSPS) is 11.2. The average Bonchev–Trinajstić information content (AvgIpc) is 2.16. The largest absolute Gasteiger partial charge is 0.472 e. The highest BCUT2D eigenvalue weighted by molar-refractivity contribution is 5.95. The van der Waals surface area contributed by atoms with Crippen molar-refractivity contribution < 1.29 is 4.74 Å². The minimum absolute atomic E-state index is 0.0321. The Kier molecular flexibility index (Phi) is 3.52. The molecule has 1 aromatic rings. The molecule has 0 saturated carbocycles. The van der Waals surface area contributed by atoms with Gasteiger partial charge in [0.2, 0.25) is 5.88 Å². The number of nitrogen functional groups attached to an aromatic ring is 1. The Morgan fingerprint density at radius 3 is 2.62 bits per heavy atom. The van der Waals surface area contributed by atoms with Gasteiger partial charge in [-0.25, -0.2) is 4.98 Å². The lowest BCUT2D eigenvalue weighted by Crippen LogP contribution is -2.27. The lowest BCUT2D eigenvalue weighted by molar-refractivity contribution is 0.0988. The predicted molar refractivity (Wildman–Crippen MR) is 65.0 cm³/mol. The number of ether oxygens (including phenoxy) is 1. The van der Waals surface area contributed by atoms with Crippen LogP contribution in [0.15, 0.2) is 12.1 Å². The van der Waals surface area contributed by atoms with Crippen LogP contribution >= 0.6 is 0 Å². The van der Waals surface area contributed by atoms with Crippen LogP contribution < -0.4 is 10.5 Å². The maximum Gasteiger partial charge on any atom is 0.214 e. The molecule has 0 spiro atoms. The minimum Gasteiger partial charge on any atom is -0.472 e. The van der Waals surface area contributed by atoms with Gasteiger partial charge in [-0.15, -0.1) is 0 Å². The molecule has 0 aliphatic carbocycles. The number of aromatic nitrogens is 1. The molecule has 0 amide bonds. The Labute approximate surface area is 96.3 Å². The van der Waals surface area contributed by atoms with Crippen molar-refractivity contribution in [1.29, 1.82) is 5.41 Å². The molecule has 4 heteroatoms. The fourth-order valence-corrected chi connectivity index (χ4v) is 1.20. The summed E-state index contributed by atoms with van der Waals surface area (Å²) in [6.07, 6.45) is 0.887. The number of pyridine rings is 1. The summed E-state index contributed by atoms with van der Waals surface area (Å²) in [5.41, 5.74) is 6.64. The Bertz CT molecular complexity index is 399. The summed E-state index contributed by atoms with van der Waals surface area (Å²) >= 11 is 0. The highest BCUT2D eigenvalue weighted by Crippen LogP contribution is 2.20. The molecule has 0 bridgehead atoms. The fraction of sp³-hybridized carbons (Fsp3) is 0.500. The molecule has 1 heterocycles. The second kappa shape index (κ2) is 4.51. The molecule has 0 unspecified atom stereocenters. The lowest BCUT2D eigenvalue weighted by Gasteiger charge is -2.24. The van der Waals surface area contributed by atoms with E-state index in [9.17, 15) is 0 Å². The number of hydrogen-bond donors (Lipinski definition) is 2. The number of rotatable bonds is 4. The van der Waals surface area contributed by atoms with Crippen LogP contribution in [-0.4, -0.2) is 16.4 Å². The lowest BCUT2D eigenvalue weighted by atomic mass is 10.1. The van der Waals surface area contributed by atoms with Crippen LogP contribution in [-0.2, 0) is 0 Å². The van der Waals surface area contributed by atoms with Crippen LogP contribution in [0.2, 0.25) is 0 Å². The average molecular weight is 221 g/mol. The van der Waals surface area contributed by atoms with E-state index >= 15 is 0 Å². The monoisotopic (exact) mass is 221 g/mol. The molecule has 0 fully saturated rings. The van der Waals surface area contributed by atoms with Gasteiger partial charge in [-0.2, -0.15) is 0 Å². The third-order valence-corrected chi connectivity index (χ3v) is 2.47. The van der Waals surface area contributed by atoms with E-state index < -0.39 is 0 Å². The van der Waals surface area contributed by atoms with Gasteiger partial charge in [0.25, 0.3) is 0 Å². The topological polar surface area (TPSA) is 72.0 Å². The molecule has 0 atom stereocenters. The van der Waals surface area contributed by atoms with Gasteiger partial charge in [-0.05, 0) is 33.3 Å². The van der Waals surface area contributed by atoms with Gasteiger partial charge in [0.1, 0.15) is 11.4 Å². The summed E-state index contributed by atoms with van der Waals surface area (Å²) < 4.78 is 5.76. The van der Waals surface area contributed by atoms with Gasteiger partial charge in [-0.1, -0.05) is 6.92 Å². The fourth-order valence-electron chi connectivity index (χ4n) is 1.20. The minimum atomic E-state index is -0.255. The van der Waals surface area contributed by atoms with Crippen molar-refractivity contribution in [1.82, 2.24) is 4.98 Å². The maximum absolute atomic E-state index is 7.40. The second-order valence-electron chi connectivity index (χ2n) is 4.46. The number of nitrogens with zero attached hydrogens (tertiary/aromatic N) is 1. The van der Waals surface area contributed by atoms with E-state index in [0.29, 0.717) is 11.4 Å². The van der Waals surface area contributed by atoms with Crippen LogP contribution in [0, 0.1) is 12.3 Å². The molecule has 0 radical (unpaired) electrons. The molecule has 3 N–H and O–H groups in total. The SMILES string of the molecule is CCC(C)(C)Oc1cc(C(=N)N)cc(C)n1. The Morgan fingerprint density at radius 1 is 1.50 bits per heavy atom. The molecule has 0 aliphatic heterocycles. The van der Waals surface area contributed by atoms with E-state index in [1.54, 1.807) is 12.1 Å². The third kappa shape index (κ3) is 3.22. The van der Waals surface area contributed by atoms with E-state index in [4.69, 9.17) is 15.9 Å². The smallest absolute Gasteiger partial charge is 0.214 e. The van der Waals surface area contributed by atoms with E-state index in [-0.39, 0.29) is 11.4 Å². The number of aryl methyl sites for hydroxylation is 1. The zero-order valence-electron chi connectivity index (χ0n) is 10.3. The van der Waals surface area contributed by atoms with Crippen molar-refractivity contribution in [3.05, 3.63) is 23.4 Å². The molecule has 0 saturated heterocycles. The molecule has 1 rings (SSSR count). The quantitative estimate of drug-likeness (QED) is 0.605. The van der Waals surface area contributed by atoms with Gasteiger partial charge >= 0.3 is 0 Å². The number of nitrogens with two attached hydrogens (primary N) is 1. The zero-order valence-corrected chi connectivity index (χ0v) is 10.3. The summed E-state index contributed by atoms with van der Waals surface area (Å²) in [5.74, 6) is 0.557. The van der Waals surface area contributed by atoms with Gasteiger partial charge in [0.05, 0.1) is 0 Å². The van der Waals surface area contributed by atoms with Crippen molar-refractivity contribution in [3.63, 3.8) is 0 Å². The van der Waals surface area contributed by atoms with Crippen molar-refractivity contribution >= 4 is 5.84 Å². The molecular formula is C12H19N3O. The van der Waals surface area contributed by atoms with Crippen LogP contribution in [0.25, 0.3) is 0 Å². The van der Waals surface area contributed by atoms with Crippen molar-refractivity contribution in [2.24, 2.45) is 5.73 Å². The standard InChI is InChI=1S/C12H19N3O/c1-5-12(3,4)16-10-7-9(11(13)14)6-8(2)15-10/h6-7H,5H2,1-4H3,(H3,13,14). The first-order valence-electron chi connectivity index (χ1n) is 5.36. The Hall–Kier alpha value is -1.58. The summed E-state index contributed by atoms with van der Waals surface area (Å²) in [5, 5.41) is 7.40. The number of amidine groups is 1. The van der Waals surface area contributed by atoms with Crippen molar-refractivity contribution in [2.75, 3.05) is 0 Å².